The second kappa shape index (κ2) is 3.75. The van der Waals surface area contributed by atoms with E-state index in [4.69, 9.17) is 0 Å². The summed E-state index contributed by atoms with van der Waals surface area (Å²) in [7, 11) is 0. The van der Waals surface area contributed by atoms with Crippen LogP contribution in [0.1, 0.15) is 12.6 Å². The average Bonchev–Trinajstić information content (AvgIpc) is 1.93. The van der Waals surface area contributed by atoms with Gasteiger partial charge in [-0.3, -0.25) is 4.79 Å². The van der Waals surface area contributed by atoms with Crippen LogP contribution in [0.25, 0.3) is 0 Å². The van der Waals surface area contributed by atoms with Crippen LogP contribution in [0.15, 0.2) is 12.5 Å². The van der Waals surface area contributed by atoms with Crippen molar-refractivity contribution in [2.24, 2.45) is 0 Å². The van der Waals surface area contributed by atoms with E-state index in [-0.39, 0.29) is 5.78 Å². The van der Waals surface area contributed by atoms with Gasteiger partial charge >= 0.3 is 0 Å². The number of aromatic nitrogens is 2. The summed E-state index contributed by atoms with van der Waals surface area (Å²) in [4.78, 5) is 18.5. The van der Waals surface area contributed by atoms with Crippen molar-refractivity contribution in [1.82, 2.24) is 9.97 Å². The minimum absolute atomic E-state index is 0.126. The Hall–Kier alpha value is -0.520. The number of rotatable bonds is 2. The Kier molecular flexibility index (Phi) is 2.92. The van der Waals surface area contributed by atoms with Gasteiger partial charge in [-0.25, -0.2) is 9.97 Å². The highest BCUT2D eigenvalue weighted by Crippen LogP contribution is 2.07. The van der Waals surface area contributed by atoms with Crippen LogP contribution in [0.4, 0.5) is 0 Å². The Morgan fingerprint density at radius 2 is 2.45 bits per heavy atom. The number of nitrogens with zero attached hydrogens (tertiary/aromatic N) is 2. The lowest BCUT2D eigenvalue weighted by molar-refractivity contribution is -0.116. The fourth-order valence-corrected chi connectivity index (χ4v) is 1.19. The van der Waals surface area contributed by atoms with Crippen molar-refractivity contribution < 1.29 is 4.79 Å². The van der Waals surface area contributed by atoms with Gasteiger partial charge in [0.1, 0.15) is 12.1 Å². The molecule has 0 aliphatic carbocycles. The van der Waals surface area contributed by atoms with E-state index in [1.54, 1.807) is 13.1 Å². The van der Waals surface area contributed by atoms with Gasteiger partial charge in [-0.15, -0.1) is 0 Å². The van der Waals surface area contributed by atoms with Gasteiger partial charge in [0.05, 0.1) is 9.26 Å². The molecular formula is C7H7IN2O. The number of halogens is 1. The molecule has 1 aromatic rings. The lowest BCUT2D eigenvalue weighted by Gasteiger charge is -1.97. The second-order valence-electron chi connectivity index (χ2n) is 2.20. The largest absolute Gasteiger partial charge is 0.300 e. The molecule has 0 aliphatic rings. The fourth-order valence-electron chi connectivity index (χ4n) is 0.704. The van der Waals surface area contributed by atoms with Crippen molar-refractivity contribution in [3.63, 3.8) is 0 Å². The zero-order valence-electron chi connectivity index (χ0n) is 6.04. The highest BCUT2D eigenvalue weighted by Gasteiger charge is 2.02. The Balaban J connectivity index is 2.86. The van der Waals surface area contributed by atoms with Crippen molar-refractivity contribution in [3.05, 3.63) is 21.8 Å². The monoisotopic (exact) mass is 262 g/mol. The van der Waals surface area contributed by atoms with Gasteiger partial charge < -0.3 is 0 Å². The molecule has 58 valence electrons. The third kappa shape index (κ3) is 2.53. The fraction of sp³-hybridized carbons (Fsp3) is 0.286. The smallest absolute Gasteiger partial charge is 0.135 e. The topological polar surface area (TPSA) is 42.9 Å². The zero-order chi connectivity index (χ0) is 8.27. The molecule has 0 saturated heterocycles. The lowest BCUT2D eigenvalue weighted by atomic mass is 10.2. The maximum atomic E-state index is 10.7. The molecule has 3 nitrogen and oxygen atoms in total. The van der Waals surface area contributed by atoms with Crippen molar-refractivity contribution in [2.75, 3.05) is 0 Å². The summed E-state index contributed by atoms with van der Waals surface area (Å²) in [5, 5.41) is 0. The molecule has 0 aliphatic heterocycles. The quantitative estimate of drug-likeness (QED) is 0.752. The molecule has 0 amide bonds. The van der Waals surface area contributed by atoms with E-state index < -0.39 is 0 Å². The van der Waals surface area contributed by atoms with Crippen LogP contribution in [-0.4, -0.2) is 15.8 Å². The Morgan fingerprint density at radius 3 is 3.00 bits per heavy atom. The number of Topliss-reactive ketones (excluding diaryl/α,β-unsaturated/α-hetero) is 1. The van der Waals surface area contributed by atoms with Crippen LogP contribution in [0, 0.1) is 3.57 Å². The van der Waals surface area contributed by atoms with Crippen molar-refractivity contribution >= 4 is 28.4 Å². The molecule has 0 atom stereocenters. The van der Waals surface area contributed by atoms with E-state index in [0.717, 1.165) is 9.26 Å². The molecule has 0 radical (unpaired) electrons. The highest BCUT2D eigenvalue weighted by molar-refractivity contribution is 14.1. The summed E-state index contributed by atoms with van der Waals surface area (Å²) in [5.74, 6) is 0.126. The molecule has 0 unspecified atom stereocenters. The van der Waals surface area contributed by atoms with Crippen molar-refractivity contribution in [2.45, 2.75) is 13.3 Å². The highest BCUT2D eigenvalue weighted by atomic mass is 127. The molecule has 0 saturated carbocycles. The molecular weight excluding hydrogens is 255 g/mol. The summed E-state index contributed by atoms with van der Waals surface area (Å²) in [5.41, 5.74) is 0.813. The Labute approximate surface area is 78.4 Å². The lowest BCUT2D eigenvalue weighted by Crippen LogP contribution is -2.01. The van der Waals surface area contributed by atoms with Crippen LogP contribution >= 0.6 is 22.6 Å². The summed E-state index contributed by atoms with van der Waals surface area (Å²) in [6.45, 7) is 1.55. The van der Waals surface area contributed by atoms with Crippen LogP contribution in [0.3, 0.4) is 0 Å². The van der Waals surface area contributed by atoms with Gasteiger partial charge in [-0.1, -0.05) is 0 Å². The van der Waals surface area contributed by atoms with E-state index in [2.05, 4.69) is 32.6 Å². The third-order valence-electron chi connectivity index (χ3n) is 1.16. The van der Waals surface area contributed by atoms with Gasteiger partial charge in [0, 0.05) is 12.6 Å². The molecule has 1 aromatic heterocycles. The molecule has 0 N–H and O–H groups in total. The van der Waals surface area contributed by atoms with Crippen LogP contribution in [0.5, 0.6) is 0 Å². The van der Waals surface area contributed by atoms with Crippen LogP contribution < -0.4 is 0 Å². The Morgan fingerprint density at radius 1 is 1.73 bits per heavy atom. The van der Waals surface area contributed by atoms with Gasteiger partial charge in [-0.2, -0.15) is 0 Å². The first-order valence-corrected chi connectivity index (χ1v) is 4.22. The molecule has 0 aromatic carbocycles. The number of carbonyl (C=O) groups excluding carboxylic acids is 1. The van der Waals surface area contributed by atoms with Gasteiger partial charge in [0.25, 0.3) is 0 Å². The maximum Gasteiger partial charge on any atom is 0.135 e. The first-order chi connectivity index (χ1) is 5.20. The van der Waals surface area contributed by atoms with Crippen molar-refractivity contribution in [1.29, 1.82) is 0 Å². The molecule has 1 rings (SSSR count). The minimum atomic E-state index is 0.126. The van der Waals surface area contributed by atoms with E-state index in [1.807, 2.05) is 0 Å². The predicted octanol–water partition coefficient (Wildman–Crippen LogP) is 1.21. The molecule has 4 heteroatoms. The van der Waals surface area contributed by atoms with Gasteiger partial charge in [0.15, 0.2) is 0 Å². The molecule has 11 heavy (non-hydrogen) atoms. The summed E-state index contributed by atoms with van der Waals surface area (Å²) < 4.78 is 0.945. The summed E-state index contributed by atoms with van der Waals surface area (Å²) >= 11 is 2.12. The third-order valence-corrected chi connectivity index (χ3v) is 2.06. The average molecular weight is 262 g/mol. The predicted molar refractivity (Wildman–Crippen MR) is 49.1 cm³/mol. The van der Waals surface area contributed by atoms with E-state index in [1.165, 1.54) is 6.33 Å². The first-order valence-electron chi connectivity index (χ1n) is 3.14. The number of hydrogen-bond donors (Lipinski definition) is 0. The van der Waals surface area contributed by atoms with Gasteiger partial charge in [0.2, 0.25) is 0 Å². The zero-order valence-corrected chi connectivity index (χ0v) is 8.20. The summed E-state index contributed by atoms with van der Waals surface area (Å²) in [6, 6.07) is 0. The molecule has 1 heterocycles. The standard InChI is InChI=1S/C7H7IN2O/c1-5(11)2-7-6(8)3-9-4-10-7/h3-4H,2H2,1H3. The number of ketones is 1. The molecule has 0 spiro atoms. The SMILES string of the molecule is CC(=O)Cc1ncncc1I. The summed E-state index contributed by atoms with van der Waals surface area (Å²) in [6.07, 6.45) is 3.56. The van der Waals surface area contributed by atoms with Crippen LogP contribution in [-0.2, 0) is 11.2 Å². The van der Waals surface area contributed by atoms with E-state index in [0.29, 0.717) is 6.42 Å². The maximum absolute atomic E-state index is 10.7. The first kappa shape index (κ1) is 8.58. The molecule has 0 fully saturated rings. The number of carbonyl (C=O) groups is 1. The van der Waals surface area contributed by atoms with Crippen molar-refractivity contribution in [3.8, 4) is 0 Å². The second-order valence-corrected chi connectivity index (χ2v) is 3.36. The van der Waals surface area contributed by atoms with E-state index in [9.17, 15) is 4.79 Å². The van der Waals surface area contributed by atoms with Crippen LogP contribution in [0.2, 0.25) is 0 Å². The normalized spacial score (nSPS) is 9.64. The number of hydrogen-bond acceptors (Lipinski definition) is 3. The Bertz CT molecular complexity index is 275. The minimum Gasteiger partial charge on any atom is -0.300 e. The van der Waals surface area contributed by atoms with Gasteiger partial charge in [-0.05, 0) is 29.5 Å². The van der Waals surface area contributed by atoms with E-state index >= 15 is 0 Å². The molecule has 0 bridgehead atoms.